The smallest absolute Gasteiger partial charge is 0.337 e. The van der Waals surface area contributed by atoms with Crippen LogP contribution in [0.15, 0.2) is 24.3 Å². The SMILES string of the molecule is CCCC(C)(N)C(=O)Nc1cccc(C(=O)OC)c1.Cl. The molecule has 0 spiro atoms. The van der Waals surface area contributed by atoms with Gasteiger partial charge in [0.1, 0.15) is 0 Å². The van der Waals surface area contributed by atoms with Gasteiger partial charge in [-0.15, -0.1) is 12.4 Å². The van der Waals surface area contributed by atoms with E-state index < -0.39 is 11.5 Å². The Bertz CT molecular complexity index is 475. The van der Waals surface area contributed by atoms with Gasteiger partial charge < -0.3 is 15.8 Å². The van der Waals surface area contributed by atoms with Crippen LogP contribution < -0.4 is 11.1 Å². The Kier molecular flexibility index (Phi) is 7.24. The molecule has 0 bridgehead atoms. The number of carbonyl (C=O) groups is 2. The molecule has 0 aliphatic heterocycles. The first-order valence-corrected chi connectivity index (χ1v) is 6.19. The molecule has 0 aliphatic rings. The number of benzene rings is 1. The lowest BCUT2D eigenvalue weighted by Crippen LogP contribution is -2.48. The molecule has 112 valence electrons. The van der Waals surface area contributed by atoms with Crippen LogP contribution in [0.2, 0.25) is 0 Å². The Morgan fingerprint density at radius 3 is 2.60 bits per heavy atom. The maximum atomic E-state index is 12.0. The normalized spacial score (nSPS) is 12.8. The predicted octanol–water partition coefficient (Wildman–Crippen LogP) is 2.35. The number of carbonyl (C=O) groups excluding carboxylic acids is 2. The van der Waals surface area contributed by atoms with Crippen LogP contribution in [0.1, 0.15) is 37.0 Å². The summed E-state index contributed by atoms with van der Waals surface area (Å²) in [6.07, 6.45) is 1.41. The van der Waals surface area contributed by atoms with Gasteiger partial charge in [0.2, 0.25) is 5.91 Å². The molecule has 0 aliphatic carbocycles. The Hall–Kier alpha value is -1.59. The number of nitrogens with two attached hydrogens (primary N) is 1. The van der Waals surface area contributed by atoms with Crippen molar-refractivity contribution in [2.45, 2.75) is 32.2 Å². The molecular weight excluding hydrogens is 280 g/mol. The number of methoxy groups -OCH3 is 1. The highest BCUT2D eigenvalue weighted by molar-refractivity contribution is 5.99. The molecule has 1 amide bonds. The number of rotatable bonds is 5. The first-order valence-electron chi connectivity index (χ1n) is 6.19. The van der Waals surface area contributed by atoms with Gasteiger partial charge in [0, 0.05) is 5.69 Å². The largest absolute Gasteiger partial charge is 0.465 e. The van der Waals surface area contributed by atoms with Crippen molar-refractivity contribution < 1.29 is 14.3 Å². The molecule has 5 nitrogen and oxygen atoms in total. The number of anilines is 1. The molecule has 1 unspecified atom stereocenters. The number of amides is 1. The second kappa shape index (κ2) is 7.87. The topological polar surface area (TPSA) is 81.4 Å². The van der Waals surface area contributed by atoms with E-state index in [1.165, 1.54) is 7.11 Å². The fraction of sp³-hybridized carbons (Fsp3) is 0.429. The number of esters is 1. The second-order valence-corrected chi connectivity index (χ2v) is 4.69. The van der Waals surface area contributed by atoms with Crippen LogP contribution in [0.3, 0.4) is 0 Å². The maximum Gasteiger partial charge on any atom is 0.337 e. The molecule has 1 rings (SSSR count). The zero-order valence-corrected chi connectivity index (χ0v) is 12.8. The Balaban J connectivity index is 0.00000361. The van der Waals surface area contributed by atoms with E-state index in [1.807, 2.05) is 6.92 Å². The number of halogens is 1. The molecule has 1 aromatic carbocycles. The molecule has 6 heteroatoms. The van der Waals surface area contributed by atoms with Gasteiger partial charge in [0.05, 0.1) is 18.2 Å². The van der Waals surface area contributed by atoms with E-state index in [2.05, 4.69) is 10.1 Å². The lowest BCUT2D eigenvalue weighted by Gasteiger charge is -2.22. The molecular formula is C14H21ClN2O3. The quantitative estimate of drug-likeness (QED) is 0.818. The molecule has 0 saturated heterocycles. The average Bonchev–Trinajstić information content (AvgIpc) is 2.38. The van der Waals surface area contributed by atoms with Crippen LogP contribution >= 0.6 is 12.4 Å². The van der Waals surface area contributed by atoms with E-state index >= 15 is 0 Å². The average molecular weight is 301 g/mol. The van der Waals surface area contributed by atoms with Crippen molar-refractivity contribution in [3.63, 3.8) is 0 Å². The lowest BCUT2D eigenvalue weighted by molar-refractivity contribution is -0.120. The number of hydrogen-bond acceptors (Lipinski definition) is 4. The van der Waals surface area contributed by atoms with Crippen LogP contribution in [0, 0.1) is 0 Å². The van der Waals surface area contributed by atoms with Gasteiger partial charge in [-0.25, -0.2) is 4.79 Å². The van der Waals surface area contributed by atoms with Crippen molar-refractivity contribution in [3.05, 3.63) is 29.8 Å². The van der Waals surface area contributed by atoms with Crippen LogP contribution in [-0.4, -0.2) is 24.5 Å². The van der Waals surface area contributed by atoms with Gasteiger partial charge >= 0.3 is 5.97 Å². The van der Waals surface area contributed by atoms with Crippen molar-refractivity contribution in [3.8, 4) is 0 Å². The molecule has 0 saturated carbocycles. The molecule has 0 radical (unpaired) electrons. The zero-order chi connectivity index (χ0) is 14.5. The lowest BCUT2D eigenvalue weighted by atomic mass is 9.96. The third kappa shape index (κ3) is 4.83. The second-order valence-electron chi connectivity index (χ2n) is 4.69. The summed E-state index contributed by atoms with van der Waals surface area (Å²) in [5, 5.41) is 2.71. The minimum absolute atomic E-state index is 0. The van der Waals surface area contributed by atoms with Crippen LogP contribution in [0.5, 0.6) is 0 Å². The summed E-state index contributed by atoms with van der Waals surface area (Å²) in [5.74, 6) is -0.712. The van der Waals surface area contributed by atoms with Crippen molar-refractivity contribution in [1.29, 1.82) is 0 Å². The van der Waals surface area contributed by atoms with Gasteiger partial charge in [-0.05, 0) is 31.5 Å². The number of hydrogen-bond donors (Lipinski definition) is 2. The summed E-state index contributed by atoms with van der Waals surface area (Å²) in [5.41, 5.74) is 5.93. The third-order valence-corrected chi connectivity index (χ3v) is 2.83. The highest BCUT2D eigenvalue weighted by Gasteiger charge is 2.27. The van der Waals surface area contributed by atoms with Crippen LogP contribution in [-0.2, 0) is 9.53 Å². The minimum Gasteiger partial charge on any atom is -0.465 e. The first kappa shape index (κ1) is 18.4. The maximum absolute atomic E-state index is 12.0. The number of nitrogens with one attached hydrogen (secondary N) is 1. The van der Waals surface area contributed by atoms with Crippen molar-refractivity contribution in [2.24, 2.45) is 5.73 Å². The fourth-order valence-corrected chi connectivity index (χ4v) is 1.75. The van der Waals surface area contributed by atoms with Crippen molar-refractivity contribution in [1.82, 2.24) is 0 Å². The van der Waals surface area contributed by atoms with Crippen LogP contribution in [0.4, 0.5) is 5.69 Å². The van der Waals surface area contributed by atoms with E-state index in [-0.39, 0.29) is 18.3 Å². The van der Waals surface area contributed by atoms with Gasteiger partial charge in [-0.1, -0.05) is 19.4 Å². The summed E-state index contributed by atoms with van der Waals surface area (Å²) in [6, 6.07) is 6.56. The molecule has 0 aromatic heterocycles. The third-order valence-electron chi connectivity index (χ3n) is 2.83. The van der Waals surface area contributed by atoms with Gasteiger partial charge in [-0.3, -0.25) is 4.79 Å². The Labute approximate surface area is 125 Å². The molecule has 20 heavy (non-hydrogen) atoms. The van der Waals surface area contributed by atoms with E-state index in [0.717, 1.165) is 6.42 Å². The molecule has 3 N–H and O–H groups in total. The summed E-state index contributed by atoms with van der Waals surface area (Å²) in [7, 11) is 1.31. The predicted molar refractivity (Wildman–Crippen MR) is 81.2 cm³/mol. The van der Waals surface area contributed by atoms with Crippen LogP contribution in [0.25, 0.3) is 0 Å². The van der Waals surface area contributed by atoms with Gasteiger partial charge in [-0.2, -0.15) is 0 Å². The molecule has 0 fully saturated rings. The minimum atomic E-state index is -0.921. The van der Waals surface area contributed by atoms with Crippen molar-refractivity contribution in [2.75, 3.05) is 12.4 Å². The van der Waals surface area contributed by atoms with E-state index in [4.69, 9.17) is 5.73 Å². The van der Waals surface area contributed by atoms with E-state index in [1.54, 1.807) is 31.2 Å². The fourth-order valence-electron chi connectivity index (χ4n) is 1.75. The molecule has 0 heterocycles. The molecule has 1 atom stereocenters. The highest BCUT2D eigenvalue weighted by atomic mass is 35.5. The number of ether oxygens (including phenoxy) is 1. The summed E-state index contributed by atoms with van der Waals surface area (Å²) in [6.45, 7) is 3.66. The van der Waals surface area contributed by atoms with Gasteiger partial charge in [0.15, 0.2) is 0 Å². The summed E-state index contributed by atoms with van der Waals surface area (Å²) < 4.78 is 4.63. The highest BCUT2D eigenvalue weighted by Crippen LogP contribution is 2.15. The molecule has 1 aromatic rings. The Morgan fingerprint density at radius 2 is 2.05 bits per heavy atom. The summed E-state index contributed by atoms with van der Waals surface area (Å²) in [4.78, 5) is 23.4. The van der Waals surface area contributed by atoms with E-state index in [0.29, 0.717) is 17.7 Å². The summed E-state index contributed by atoms with van der Waals surface area (Å²) >= 11 is 0. The first-order chi connectivity index (χ1) is 8.90. The van der Waals surface area contributed by atoms with Crippen molar-refractivity contribution >= 4 is 30.0 Å². The van der Waals surface area contributed by atoms with Gasteiger partial charge in [0.25, 0.3) is 0 Å². The monoisotopic (exact) mass is 300 g/mol. The zero-order valence-electron chi connectivity index (χ0n) is 11.9. The standard InChI is InChI=1S/C14H20N2O3.ClH/c1-4-8-14(2,15)13(18)16-11-7-5-6-10(9-11)12(17)19-3;/h5-7,9H,4,8,15H2,1-3H3,(H,16,18);1H. The van der Waals surface area contributed by atoms with E-state index in [9.17, 15) is 9.59 Å². The Morgan fingerprint density at radius 1 is 1.40 bits per heavy atom.